The molecule has 0 fully saturated rings. The van der Waals surface area contributed by atoms with Gasteiger partial charge >= 0.3 is 0 Å². The van der Waals surface area contributed by atoms with Crippen molar-refractivity contribution >= 4 is 59.9 Å². The first-order chi connectivity index (χ1) is 14.5. The SMILES string of the molecule is O=S(=O)(c1ccccc1)C1C=CC(c2ncc(CBr)o2)=C2C1=Nc1ccc(Cl)cc12. The van der Waals surface area contributed by atoms with Gasteiger partial charge in [0.1, 0.15) is 11.0 Å². The number of hydrogen-bond acceptors (Lipinski definition) is 5. The normalized spacial score (nSPS) is 17.7. The summed E-state index contributed by atoms with van der Waals surface area (Å²) < 4.78 is 32.7. The Morgan fingerprint density at radius 1 is 1.13 bits per heavy atom. The first kappa shape index (κ1) is 19.5. The van der Waals surface area contributed by atoms with E-state index in [2.05, 4.69) is 25.9 Å². The van der Waals surface area contributed by atoms with Gasteiger partial charge in [-0.25, -0.2) is 13.4 Å². The molecule has 150 valence electrons. The number of aliphatic imine (C=N–C) groups is 1. The number of alkyl halides is 1. The molecular weight excluding hydrogens is 488 g/mol. The second-order valence-electron chi connectivity index (χ2n) is 6.85. The Balaban J connectivity index is 1.71. The first-order valence-electron chi connectivity index (χ1n) is 9.10. The molecule has 2 heterocycles. The number of nitrogens with zero attached hydrogens (tertiary/aromatic N) is 2. The van der Waals surface area contributed by atoms with E-state index in [-0.39, 0.29) is 4.90 Å². The Bertz CT molecular complexity index is 1360. The molecular formula is C22H14BrClN2O3S. The summed E-state index contributed by atoms with van der Waals surface area (Å²) in [6.07, 6.45) is 5.04. The fourth-order valence-electron chi connectivity index (χ4n) is 3.66. The predicted molar refractivity (Wildman–Crippen MR) is 121 cm³/mol. The van der Waals surface area contributed by atoms with Crippen LogP contribution in [0.2, 0.25) is 5.02 Å². The van der Waals surface area contributed by atoms with Crippen molar-refractivity contribution in [1.29, 1.82) is 0 Å². The molecule has 0 bridgehead atoms. The first-order valence-corrected chi connectivity index (χ1v) is 12.1. The van der Waals surface area contributed by atoms with Crippen LogP contribution in [0.5, 0.6) is 0 Å². The van der Waals surface area contributed by atoms with Gasteiger partial charge in [0.05, 0.1) is 27.8 Å². The Morgan fingerprint density at radius 2 is 1.93 bits per heavy atom. The number of oxazole rings is 1. The maximum absolute atomic E-state index is 13.4. The Labute approximate surface area is 186 Å². The lowest BCUT2D eigenvalue weighted by Gasteiger charge is -2.21. The molecule has 2 aliphatic rings. The fraction of sp³-hybridized carbons (Fsp3) is 0.0909. The molecule has 2 aromatic carbocycles. The summed E-state index contributed by atoms with van der Waals surface area (Å²) in [6, 6.07) is 13.7. The molecule has 1 unspecified atom stereocenters. The van der Waals surface area contributed by atoms with Gasteiger partial charge in [-0.1, -0.05) is 57.9 Å². The van der Waals surface area contributed by atoms with Crippen molar-refractivity contribution in [3.63, 3.8) is 0 Å². The number of aromatic nitrogens is 1. The van der Waals surface area contributed by atoms with Gasteiger partial charge in [0.15, 0.2) is 9.84 Å². The van der Waals surface area contributed by atoms with Crippen LogP contribution in [0.15, 0.2) is 81.2 Å². The fourth-order valence-corrected chi connectivity index (χ4v) is 5.67. The lowest BCUT2D eigenvalue weighted by Crippen LogP contribution is -2.30. The lowest BCUT2D eigenvalue weighted by atomic mass is 9.91. The second kappa shape index (κ2) is 7.34. The highest BCUT2D eigenvalue weighted by Gasteiger charge is 2.40. The highest BCUT2D eigenvalue weighted by molar-refractivity contribution is 9.08. The van der Waals surface area contributed by atoms with Gasteiger partial charge < -0.3 is 4.42 Å². The molecule has 0 spiro atoms. The molecule has 8 heteroatoms. The Morgan fingerprint density at radius 3 is 2.67 bits per heavy atom. The van der Waals surface area contributed by atoms with Crippen molar-refractivity contribution in [1.82, 2.24) is 4.98 Å². The minimum atomic E-state index is -3.69. The van der Waals surface area contributed by atoms with Crippen LogP contribution in [0, 0.1) is 0 Å². The van der Waals surface area contributed by atoms with Crippen LogP contribution in [0.1, 0.15) is 17.2 Å². The maximum Gasteiger partial charge on any atom is 0.226 e. The summed E-state index contributed by atoms with van der Waals surface area (Å²) in [5, 5.41) is 0.152. The van der Waals surface area contributed by atoms with Crippen molar-refractivity contribution in [2.75, 3.05) is 0 Å². The molecule has 5 nitrogen and oxygen atoms in total. The van der Waals surface area contributed by atoms with Gasteiger partial charge in [0, 0.05) is 21.7 Å². The van der Waals surface area contributed by atoms with Gasteiger partial charge in [-0.05, 0) is 30.3 Å². The minimum Gasteiger partial charge on any atom is -0.440 e. The summed E-state index contributed by atoms with van der Waals surface area (Å²) in [6.45, 7) is 0. The summed E-state index contributed by atoms with van der Waals surface area (Å²) in [5.74, 6) is 1.08. The van der Waals surface area contributed by atoms with Gasteiger partial charge in [0.25, 0.3) is 0 Å². The number of benzene rings is 2. The van der Waals surface area contributed by atoms with Crippen LogP contribution >= 0.6 is 27.5 Å². The molecule has 0 radical (unpaired) electrons. The Hall–Kier alpha value is -2.48. The molecule has 1 aromatic heterocycles. The number of allylic oxidation sites excluding steroid dienone is 3. The number of fused-ring (bicyclic) bond motifs is 3. The summed E-state index contributed by atoms with van der Waals surface area (Å²) in [5.41, 5.74) is 3.26. The van der Waals surface area contributed by atoms with Crippen molar-refractivity contribution in [3.05, 3.63) is 89.1 Å². The summed E-state index contributed by atoms with van der Waals surface area (Å²) in [4.78, 5) is 9.30. The van der Waals surface area contributed by atoms with E-state index in [1.165, 1.54) is 0 Å². The van der Waals surface area contributed by atoms with Crippen molar-refractivity contribution in [2.45, 2.75) is 15.5 Å². The van der Waals surface area contributed by atoms with Gasteiger partial charge in [-0.15, -0.1) is 0 Å². The lowest BCUT2D eigenvalue weighted by molar-refractivity contribution is 0.511. The highest BCUT2D eigenvalue weighted by atomic mass is 79.9. The molecule has 1 aliphatic carbocycles. The molecule has 0 saturated carbocycles. The summed E-state index contributed by atoms with van der Waals surface area (Å²) >= 11 is 9.60. The third kappa shape index (κ3) is 3.09. The van der Waals surface area contributed by atoms with E-state index in [0.717, 1.165) is 5.56 Å². The van der Waals surface area contributed by atoms with Gasteiger partial charge in [-0.3, -0.25) is 4.99 Å². The van der Waals surface area contributed by atoms with E-state index in [0.29, 0.717) is 44.5 Å². The third-order valence-corrected chi connectivity index (χ3v) is 7.79. The zero-order valence-corrected chi connectivity index (χ0v) is 18.6. The monoisotopic (exact) mass is 500 g/mol. The molecule has 5 rings (SSSR count). The zero-order chi connectivity index (χ0) is 20.9. The average molecular weight is 502 g/mol. The molecule has 0 N–H and O–H groups in total. The molecule has 1 atom stereocenters. The average Bonchev–Trinajstić information content (AvgIpc) is 3.38. The number of rotatable bonds is 4. The van der Waals surface area contributed by atoms with E-state index in [4.69, 9.17) is 16.0 Å². The molecule has 1 aliphatic heterocycles. The van der Waals surface area contributed by atoms with Gasteiger partial charge in [-0.2, -0.15) is 0 Å². The quantitative estimate of drug-likeness (QED) is 0.434. The van der Waals surface area contributed by atoms with E-state index in [1.807, 2.05) is 0 Å². The van der Waals surface area contributed by atoms with E-state index < -0.39 is 15.1 Å². The van der Waals surface area contributed by atoms with Crippen LogP contribution in [0.3, 0.4) is 0 Å². The van der Waals surface area contributed by atoms with Crippen LogP contribution in [-0.4, -0.2) is 24.4 Å². The second-order valence-corrected chi connectivity index (χ2v) is 9.92. The largest absolute Gasteiger partial charge is 0.440 e. The molecule has 3 aromatic rings. The van der Waals surface area contributed by atoms with E-state index in [9.17, 15) is 8.42 Å². The zero-order valence-electron chi connectivity index (χ0n) is 15.4. The maximum atomic E-state index is 13.4. The molecule has 0 amide bonds. The number of sulfone groups is 1. The van der Waals surface area contributed by atoms with Gasteiger partial charge in [0.2, 0.25) is 5.89 Å². The summed E-state index contributed by atoms with van der Waals surface area (Å²) in [7, 11) is -3.69. The third-order valence-electron chi connectivity index (χ3n) is 5.02. The number of halogens is 2. The van der Waals surface area contributed by atoms with Crippen LogP contribution in [0.4, 0.5) is 5.69 Å². The van der Waals surface area contributed by atoms with Crippen molar-refractivity contribution in [3.8, 4) is 0 Å². The van der Waals surface area contributed by atoms with E-state index >= 15 is 0 Å². The van der Waals surface area contributed by atoms with Crippen molar-refractivity contribution in [2.24, 2.45) is 4.99 Å². The van der Waals surface area contributed by atoms with Crippen LogP contribution in [0.25, 0.3) is 11.1 Å². The highest BCUT2D eigenvalue weighted by Crippen LogP contribution is 2.45. The predicted octanol–water partition coefficient (Wildman–Crippen LogP) is 5.63. The molecule has 0 saturated heterocycles. The Kier molecular flexibility index (Phi) is 4.76. The van der Waals surface area contributed by atoms with Crippen molar-refractivity contribution < 1.29 is 12.8 Å². The standard InChI is InChI=1S/C22H14BrClN2O3S/c23-11-14-12-25-22(29-14)16-7-9-19(30(27,28)15-4-2-1-3-5-15)21-20(16)17-10-13(24)6-8-18(17)26-21/h1-10,12,19H,11H2. The van der Waals surface area contributed by atoms with Crippen LogP contribution in [-0.2, 0) is 15.2 Å². The van der Waals surface area contributed by atoms with Crippen LogP contribution < -0.4 is 0 Å². The van der Waals surface area contributed by atoms with E-state index in [1.54, 1.807) is 66.9 Å². The molecule has 30 heavy (non-hydrogen) atoms. The smallest absolute Gasteiger partial charge is 0.226 e. The number of hydrogen-bond donors (Lipinski definition) is 0. The minimum absolute atomic E-state index is 0.247. The topological polar surface area (TPSA) is 72.5 Å².